The number of carbonyl (C=O) groups is 1. The zero-order chi connectivity index (χ0) is 17.4. The highest BCUT2D eigenvalue weighted by Crippen LogP contribution is 2.27. The zero-order valence-corrected chi connectivity index (χ0v) is 14.7. The first-order chi connectivity index (χ1) is 11.7. The Kier molecular flexibility index (Phi) is 6.62. The van der Waals surface area contributed by atoms with E-state index in [1.165, 1.54) is 18.4 Å². The first kappa shape index (κ1) is 17.8. The summed E-state index contributed by atoms with van der Waals surface area (Å²) in [6, 6.07) is 9.38. The number of methoxy groups -OCH3 is 2. The normalized spacial score (nSPS) is 11.0. The van der Waals surface area contributed by atoms with Gasteiger partial charge in [0.2, 0.25) is 0 Å². The molecule has 2 aromatic rings. The number of nitrogens with zero attached hydrogens (tertiary/aromatic N) is 1. The van der Waals surface area contributed by atoms with Crippen molar-refractivity contribution in [1.82, 2.24) is 5.32 Å². The number of hydrogen-bond acceptors (Lipinski definition) is 6. The van der Waals surface area contributed by atoms with Crippen LogP contribution in [0.4, 0.5) is 0 Å². The lowest BCUT2D eigenvalue weighted by molar-refractivity contribution is -0.114. The quantitative estimate of drug-likeness (QED) is 0.588. The average Bonchev–Trinajstić information content (AvgIpc) is 3.13. The molecule has 0 fully saturated rings. The summed E-state index contributed by atoms with van der Waals surface area (Å²) in [6.07, 6.45) is 0.663. The molecule has 0 bridgehead atoms. The minimum Gasteiger partial charge on any atom is -0.493 e. The van der Waals surface area contributed by atoms with Crippen molar-refractivity contribution in [2.75, 3.05) is 27.9 Å². The fourth-order valence-corrected chi connectivity index (χ4v) is 2.85. The Labute approximate surface area is 145 Å². The van der Waals surface area contributed by atoms with Crippen LogP contribution in [0.2, 0.25) is 0 Å². The third kappa shape index (κ3) is 4.48. The van der Waals surface area contributed by atoms with Gasteiger partial charge in [-0.1, -0.05) is 17.3 Å². The molecule has 1 N–H and O–H groups in total. The maximum absolute atomic E-state index is 12.3. The Bertz CT molecular complexity index is 699. The summed E-state index contributed by atoms with van der Waals surface area (Å²) in [7, 11) is 4.61. The number of oxime groups is 1. The van der Waals surface area contributed by atoms with Crippen LogP contribution in [-0.4, -0.2) is 39.5 Å². The Morgan fingerprint density at radius 1 is 1.17 bits per heavy atom. The molecular formula is C17H20N2O4S. The third-order valence-corrected chi connectivity index (χ3v) is 4.18. The second kappa shape index (κ2) is 8.93. The molecule has 0 radical (unpaired) electrons. The van der Waals surface area contributed by atoms with E-state index >= 15 is 0 Å². The molecular weight excluding hydrogens is 328 g/mol. The summed E-state index contributed by atoms with van der Waals surface area (Å²) < 4.78 is 10.5. The number of amides is 1. The van der Waals surface area contributed by atoms with Crippen molar-refractivity contribution in [3.05, 3.63) is 46.2 Å². The summed E-state index contributed by atoms with van der Waals surface area (Å²) in [4.78, 5) is 17.8. The molecule has 1 aromatic carbocycles. The topological polar surface area (TPSA) is 69.2 Å². The molecule has 6 nitrogen and oxygen atoms in total. The minimum absolute atomic E-state index is 0.264. The Balaban J connectivity index is 1.96. The van der Waals surface area contributed by atoms with Gasteiger partial charge >= 0.3 is 0 Å². The van der Waals surface area contributed by atoms with Gasteiger partial charge in [0.05, 0.1) is 19.1 Å². The summed E-state index contributed by atoms with van der Waals surface area (Å²) in [5.41, 5.74) is 1.31. The van der Waals surface area contributed by atoms with Crippen molar-refractivity contribution < 1.29 is 19.1 Å². The molecule has 128 valence electrons. The van der Waals surface area contributed by atoms with Gasteiger partial charge < -0.3 is 19.6 Å². The van der Waals surface area contributed by atoms with Crippen molar-refractivity contribution >= 4 is 23.0 Å². The van der Waals surface area contributed by atoms with Crippen molar-refractivity contribution in [1.29, 1.82) is 0 Å². The second-order valence-electron chi connectivity index (χ2n) is 4.80. The predicted octanol–water partition coefficient (Wildman–Crippen LogP) is 2.47. The fourth-order valence-electron chi connectivity index (χ4n) is 2.14. The van der Waals surface area contributed by atoms with Gasteiger partial charge in [0.25, 0.3) is 5.91 Å². The van der Waals surface area contributed by atoms with Crippen molar-refractivity contribution in [3.63, 3.8) is 0 Å². The van der Waals surface area contributed by atoms with Crippen LogP contribution in [0.5, 0.6) is 11.5 Å². The van der Waals surface area contributed by atoms with Crippen LogP contribution in [0.3, 0.4) is 0 Å². The highest BCUT2D eigenvalue weighted by molar-refractivity contribution is 7.13. The van der Waals surface area contributed by atoms with Gasteiger partial charge in [-0.25, -0.2) is 0 Å². The Morgan fingerprint density at radius 2 is 1.96 bits per heavy atom. The molecule has 0 aliphatic carbocycles. The standard InChI is InChI=1S/C17H20N2O4S/c1-21-13-7-6-12(11-14(13)22-2)8-9-18-17(20)16(19-23-3)15-5-4-10-24-15/h4-7,10-11H,8-9H2,1-3H3,(H,18,20). The number of thiophene rings is 1. The zero-order valence-electron chi connectivity index (χ0n) is 13.9. The van der Waals surface area contributed by atoms with Crippen LogP contribution in [0.1, 0.15) is 10.4 Å². The number of nitrogens with one attached hydrogen (secondary N) is 1. The number of hydrogen-bond donors (Lipinski definition) is 1. The highest BCUT2D eigenvalue weighted by Gasteiger charge is 2.15. The van der Waals surface area contributed by atoms with Crippen LogP contribution < -0.4 is 14.8 Å². The smallest absolute Gasteiger partial charge is 0.274 e. The van der Waals surface area contributed by atoms with Gasteiger partial charge in [-0.15, -0.1) is 11.3 Å². The van der Waals surface area contributed by atoms with Crippen molar-refractivity contribution in [2.45, 2.75) is 6.42 Å². The van der Waals surface area contributed by atoms with E-state index in [4.69, 9.17) is 14.3 Å². The van der Waals surface area contributed by atoms with E-state index in [0.29, 0.717) is 24.5 Å². The van der Waals surface area contributed by atoms with Gasteiger partial charge in [-0.3, -0.25) is 4.79 Å². The molecule has 1 amide bonds. The first-order valence-corrected chi connectivity index (χ1v) is 8.21. The molecule has 0 aliphatic heterocycles. The number of carbonyl (C=O) groups excluding carboxylic acids is 1. The molecule has 1 aromatic heterocycles. The summed E-state index contributed by atoms with van der Waals surface area (Å²) in [5.74, 6) is 1.08. The second-order valence-corrected chi connectivity index (χ2v) is 5.74. The molecule has 0 unspecified atom stereocenters. The van der Waals surface area contributed by atoms with Gasteiger partial charge in [0.15, 0.2) is 17.2 Å². The van der Waals surface area contributed by atoms with Crippen LogP contribution in [0, 0.1) is 0 Å². The van der Waals surface area contributed by atoms with Crippen molar-refractivity contribution in [2.24, 2.45) is 5.16 Å². The van der Waals surface area contributed by atoms with Gasteiger partial charge in [0.1, 0.15) is 7.11 Å². The molecule has 0 aliphatic rings. The highest BCUT2D eigenvalue weighted by atomic mass is 32.1. The van der Waals surface area contributed by atoms with Crippen LogP contribution in [0.15, 0.2) is 40.9 Å². The molecule has 0 saturated heterocycles. The van der Waals surface area contributed by atoms with Crippen LogP contribution in [0.25, 0.3) is 0 Å². The maximum atomic E-state index is 12.3. The van der Waals surface area contributed by atoms with Crippen LogP contribution in [-0.2, 0) is 16.1 Å². The number of ether oxygens (including phenoxy) is 2. The van der Waals surface area contributed by atoms with E-state index in [9.17, 15) is 4.79 Å². The summed E-state index contributed by atoms with van der Waals surface area (Å²) in [5, 5.41) is 8.56. The minimum atomic E-state index is -0.264. The molecule has 2 rings (SSSR count). The number of benzene rings is 1. The first-order valence-electron chi connectivity index (χ1n) is 7.33. The van der Waals surface area contributed by atoms with E-state index in [1.807, 2.05) is 35.7 Å². The molecule has 0 spiro atoms. The SMILES string of the molecule is CON=C(C(=O)NCCc1ccc(OC)c(OC)c1)c1cccs1. The third-order valence-electron chi connectivity index (χ3n) is 3.30. The average molecular weight is 348 g/mol. The molecule has 24 heavy (non-hydrogen) atoms. The largest absolute Gasteiger partial charge is 0.493 e. The van der Waals surface area contributed by atoms with E-state index in [0.717, 1.165) is 10.4 Å². The predicted molar refractivity (Wildman–Crippen MR) is 94.1 cm³/mol. The van der Waals surface area contributed by atoms with Crippen LogP contribution >= 0.6 is 11.3 Å². The Morgan fingerprint density at radius 3 is 2.58 bits per heavy atom. The van der Waals surface area contributed by atoms with Gasteiger partial charge in [-0.2, -0.15) is 0 Å². The van der Waals surface area contributed by atoms with Gasteiger partial charge in [-0.05, 0) is 35.6 Å². The van der Waals surface area contributed by atoms with E-state index < -0.39 is 0 Å². The van der Waals surface area contributed by atoms with Gasteiger partial charge in [0, 0.05) is 6.54 Å². The molecule has 1 heterocycles. The molecule has 7 heteroatoms. The molecule has 0 saturated carbocycles. The lowest BCUT2D eigenvalue weighted by Crippen LogP contribution is -2.33. The summed E-state index contributed by atoms with van der Waals surface area (Å²) in [6.45, 7) is 0.475. The lowest BCUT2D eigenvalue weighted by atomic mass is 10.1. The molecule has 0 atom stereocenters. The van der Waals surface area contributed by atoms with E-state index in [2.05, 4.69) is 10.5 Å². The maximum Gasteiger partial charge on any atom is 0.274 e. The monoisotopic (exact) mass is 348 g/mol. The Hall–Kier alpha value is -2.54. The summed E-state index contributed by atoms with van der Waals surface area (Å²) >= 11 is 1.44. The van der Waals surface area contributed by atoms with E-state index in [1.54, 1.807) is 14.2 Å². The number of rotatable bonds is 8. The fraction of sp³-hybridized carbons (Fsp3) is 0.294. The van der Waals surface area contributed by atoms with E-state index in [-0.39, 0.29) is 11.6 Å². The van der Waals surface area contributed by atoms with Crippen molar-refractivity contribution in [3.8, 4) is 11.5 Å². The lowest BCUT2D eigenvalue weighted by Gasteiger charge is -2.10.